The molecule has 0 aliphatic carbocycles. The molecule has 6 nitrogen and oxygen atoms in total. The van der Waals surface area contributed by atoms with Crippen LogP contribution in [0.25, 0.3) is 0 Å². The summed E-state index contributed by atoms with van der Waals surface area (Å²) in [7, 11) is -2.04. The maximum Gasteiger partial charge on any atom is 0.260 e. The topological polar surface area (TPSA) is 84.0 Å². The molecule has 2 N–H and O–H groups in total. The van der Waals surface area contributed by atoms with Crippen LogP contribution in [0.15, 0.2) is 29.6 Å². The zero-order valence-corrected chi connectivity index (χ0v) is 13.0. The Balaban J connectivity index is 2.27. The van der Waals surface area contributed by atoms with Crippen molar-refractivity contribution in [2.45, 2.75) is 24.9 Å². The lowest BCUT2D eigenvalue weighted by Gasteiger charge is -2.13. The minimum absolute atomic E-state index is 0.0115. The number of anilines is 1. The molecule has 0 aromatic carbocycles. The van der Waals surface area contributed by atoms with Crippen LogP contribution < -0.4 is 10.0 Å². The summed E-state index contributed by atoms with van der Waals surface area (Å²) in [6, 6.07) is 2.95. The Labute approximate surface area is 122 Å². The molecule has 2 aromatic heterocycles. The lowest BCUT2D eigenvalue weighted by Crippen LogP contribution is -2.28. The number of pyridine rings is 1. The summed E-state index contributed by atoms with van der Waals surface area (Å²) in [5, 5.41) is 3.54. The number of hydrogen-bond acceptors (Lipinski definition) is 6. The molecule has 0 aliphatic rings. The highest BCUT2D eigenvalue weighted by Gasteiger charge is 2.23. The highest BCUT2D eigenvalue weighted by Crippen LogP contribution is 2.23. The van der Waals surface area contributed by atoms with E-state index in [1.54, 1.807) is 32.3 Å². The van der Waals surface area contributed by atoms with Crippen LogP contribution in [0.4, 0.5) is 5.69 Å². The molecular weight excluding hydrogens is 296 g/mol. The SMILES string of the molecule is CNc1cccnc1S(=O)(=O)NC(C)c1ncc(C)s1. The lowest BCUT2D eigenvalue weighted by atomic mass is 10.4. The minimum atomic E-state index is -3.70. The number of thiazole rings is 1. The average Bonchev–Trinajstić information content (AvgIpc) is 2.85. The minimum Gasteiger partial charge on any atom is -0.386 e. The van der Waals surface area contributed by atoms with Gasteiger partial charge in [-0.2, -0.15) is 0 Å². The molecule has 0 aliphatic heterocycles. The third-order valence-electron chi connectivity index (χ3n) is 2.64. The summed E-state index contributed by atoms with van der Waals surface area (Å²) in [5.74, 6) is 0. The second-order valence-electron chi connectivity index (χ2n) is 4.26. The summed E-state index contributed by atoms with van der Waals surface area (Å²) in [4.78, 5) is 9.18. The number of nitrogens with one attached hydrogen (secondary N) is 2. The molecule has 0 bridgehead atoms. The van der Waals surface area contributed by atoms with Gasteiger partial charge in [-0.05, 0) is 26.0 Å². The first-order chi connectivity index (χ1) is 9.44. The van der Waals surface area contributed by atoms with Crippen molar-refractivity contribution in [1.29, 1.82) is 0 Å². The molecule has 1 atom stereocenters. The van der Waals surface area contributed by atoms with Crippen LogP contribution in [0.1, 0.15) is 22.9 Å². The number of aromatic nitrogens is 2. The molecule has 2 rings (SSSR count). The van der Waals surface area contributed by atoms with E-state index in [1.165, 1.54) is 17.5 Å². The van der Waals surface area contributed by atoms with E-state index in [2.05, 4.69) is 20.0 Å². The normalized spacial score (nSPS) is 13.2. The predicted octanol–water partition coefficient (Wildman–Crippen LogP) is 1.93. The van der Waals surface area contributed by atoms with Crippen LogP contribution in [-0.4, -0.2) is 25.4 Å². The standard InChI is InChI=1S/C12H16N4O2S2/c1-8-7-15-11(19-8)9(2)16-20(17,18)12-10(13-3)5-4-6-14-12/h4-7,9,13,16H,1-3H3. The van der Waals surface area contributed by atoms with E-state index in [-0.39, 0.29) is 5.03 Å². The summed E-state index contributed by atoms with van der Waals surface area (Å²) in [6.07, 6.45) is 3.18. The van der Waals surface area contributed by atoms with Crippen LogP contribution in [-0.2, 0) is 10.0 Å². The Kier molecular flexibility index (Phi) is 4.36. The van der Waals surface area contributed by atoms with Gasteiger partial charge in [-0.3, -0.25) is 0 Å². The molecular formula is C12H16N4O2S2. The first kappa shape index (κ1) is 14.9. The summed E-state index contributed by atoms with van der Waals surface area (Å²) < 4.78 is 27.3. The van der Waals surface area contributed by atoms with Crippen LogP contribution in [0.3, 0.4) is 0 Å². The van der Waals surface area contributed by atoms with Crippen LogP contribution >= 0.6 is 11.3 Å². The lowest BCUT2D eigenvalue weighted by molar-refractivity contribution is 0.563. The molecule has 2 heterocycles. The van der Waals surface area contributed by atoms with Crippen molar-refractivity contribution >= 4 is 27.0 Å². The number of hydrogen-bond donors (Lipinski definition) is 2. The van der Waals surface area contributed by atoms with Gasteiger partial charge in [0.1, 0.15) is 5.01 Å². The second-order valence-corrected chi connectivity index (χ2v) is 7.15. The average molecular weight is 312 g/mol. The van der Waals surface area contributed by atoms with Crippen LogP contribution in [0, 0.1) is 6.92 Å². The van der Waals surface area contributed by atoms with E-state index in [1.807, 2.05) is 6.92 Å². The van der Waals surface area contributed by atoms with Gasteiger partial charge in [0.25, 0.3) is 10.0 Å². The molecule has 0 fully saturated rings. The molecule has 0 spiro atoms. The van der Waals surface area contributed by atoms with Crippen molar-refractivity contribution in [2.24, 2.45) is 0 Å². The molecule has 8 heteroatoms. The van der Waals surface area contributed by atoms with Crippen molar-refractivity contribution in [3.63, 3.8) is 0 Å². The number of nitrogens with zero attached hydrogens (tertiary/aromatic N) is 2. The maximum atomic E-state index is 12.4. The van der Waals surface area contributed by atoms with Crippen molar-refractivity contribution < 1.29 is 8.42 Å². The zero-order chi connectivity index (χ0) is 14.8. The van der Waals surface area contributed by atoms with Crippen molar-refractivity contribution in [1.82, 2.24) is 14.7 Å². The molecule has 108 valence electrons. The molecule has 1 unspecified atom stereocenters. The van der Waals surface area contributed by atoms with E-state index >= 15 is 0 Å². The first-order valence-electron chi connectivity index (χ1n) is 6.01. The van der Waals surface area contributed by atoms with Gasteiger partial charge in [-0.15, -0.1) is 11.3 Å². The van der Waals surface area contributed by atoms with Gasteiger partial charge in [0.2, 0.25) is 0 Å². The second kappa shape index (κ2) is 5.86. The van der Waals surface area contributed by atoms with Crippen molar-refractivity contribution in [2.75, 3.05) is 12.4 Å². The van der Waals surface area contributed by atoms with E-state index < -0.39 is 16.1 Å². The maximum absolute atomic E-state index is 12.4. The third kappa shape index (κ3) is 3.14. The van der Waals surface area contributed by atoms with Crippen molar-refractivity contribution in [3.8, 4) is 0 Å². The van der Waals surface area contributed by atoms with Gasteiger partial charge in [0, 0.05) is 24.3 Å². The van der Waals surface area contributed by atoms with Crippen LogP contribution in [0.2, 0.25) is 0 Å². The van der Waals surface area contributed by atoms with Crippen molar-refractivity contribution in [3.05, 3.63) is 34.4 Å². The Bertz CT molecular complexity index is 697. The fourth-order valence-corrected chi connectivity index (χ4v) is 3.91. The smallest absolute Gasteiger partial charge is 0.260 e. The van der Waals surface area contributed by atoms with E-state index in [0.717, 1.165) is 9.88 Å². The molecule has 0 amide bonds. The molecule has 20 heavy (non-hydrogen) atoms. The largest absolute Gasteiger partial charge is 0.386 e. The highest BCUT2D eigenvalue weighted by molar-refractivity contribution is 7.89. The summed E-state index contributed by atoms with van der Waals surface area (Å²) in [5.41, 5.74) is 0.461. The van der Waals surface area contributed by atoms with Gasteiger partial charge in [-0.25, -0.2) is 23.1 Å². The fourth-order valence-electron chi connectivity index (χ4n) is 1.71. The molecule has 0 radical (unpaired) electrons. The Morgan fingerprint density at radius 3 is 2.70 bits per heavy atom. The summed E-state index contributed by atoms with van der Waals surface area (Å²) >= 11 is 1.47. The quantitative estimate of drug-likeness (QED) is 0.881. The monoisotopic (exact) mass is 312 g/mol. The summed E-state index contributed by atoms with van der Waals surface area (Å²) in [6.45, 7) is 3.69. The Hall–Kier alpha value is -1.51. The van der Waals surface area contributed by atoms with Gasteiger partial charge in [0.15, 0.2) is 5.03 Å². The Morgan fingerprint density at radius 2 is 2.10 bits per heavy atom. The zero-order valence-electron chi connectivity index (χ0n) is 11.4. The molecule has 0 saturated carbocycles. The highest BCUT2D eigenvalue weighted by atomic mass is 32.2. The van der Waals surface area contributed by atoms with E-state index in [0.29, 0.717) is 5.69 Å². The molecule has 2 aromatic rings. The number of rotatable bonds is 5. The van der Waals surface area contributed by atoms with Gasteiger partial charge >= 0.3 is 0 Å². The third-order valence-corrected chi connectivity index (χ3v) is 5.23. The number of sulfonamides is 1. The van der Waals surface area contributed by atoms with E-state index in [9.17, 15) is 8.42 Å². The van der Waals surface area contributed by atoms with Crippen LogP contribution in [0.5, 0.6) is 0 Å². The predicted molar refractivity (Wildman–Crippen MR) is 79.4 cm³/mol. The van der Waals surface area contributed by atoms with Gasteiger partial charge in [0.05, 0.1) is 11.7 Å². The first-order valence-corrected chi connectivity index (χ1v) is 8.31. The number of aryl methyl sites for hydroxylation is 1. The van der Waals surface area contributed by atoms with E-state index in [4.69, 9.17) is 0 Å². The molecule has 0 saturated heterocycles. The van der Waals surface area contributed by atoms with Gasteiger partial charge in [-0.1, -0.05) is 0 Å². The Morgan fingerprint density at radius 1 is 1.35 bits per heavy atom. The fraction of sp³-hybridized carbons (Fsp3) is 0.333. The van der Waals surface area contributed by atoms with Gasteiger partial charge < -0.3 is 5.32 Å².